The van der Waals surface area contributed by atoms with Crippen LogP contribution in [0.1, 0.15) is 19.4 Å². The van der Waals surface area contributed by atoms with Crippen LogP contribution in [-0.2, 0) is 6.42 Å². The molecule has 1 aliphatic rings. The van der Waals surface area contributed by atoms with E-state index in [0.29, 0.717) is 11.3 Å². The zero-order valence-corrected chi connectivity index (χ0v) is 12.4. The molecule has 3 rings (SSSR count). The van der Waals surface area contributed by atoms with E-state index in [1.807, 2.05) is 26.0 Å². The van der Waals surface area contributed by atoms with Gasteiger partial charge in [0.2, 0.25) is 0 Å². The summed E-state index contributed by atoms with van der Waals surface area (Å²) in [5.74, 6) is 0.151. The molecule has 0 fully saturated rings. The van der Waals surface area contributed by atoms with Gasteiger partial charge in [-0.3, -0.25) is 0 Å². The van der Waals surface area contributed by atoms with Crippen molar-refractivity contribution in [2.45, 2.75) is 25.9 Å². The molecule has 0 saturated heterocycles. The summed E-state index contributed by atoms with van der Waals surface area (Å²) >= 11 is 11.4. The van der Waals surface area contributed by atoms with Gasteiger partial charge in [-0.05, 0) is 25.5 Å². The van der Waals surface area contributed by atoms with E-state index in [9.17, 15) is 4.39 Å². The lowest BCUT2D eigenvalue weighted by molar-refractivity contribution is 0.139. The predicted octanol–water partition coefficient (Wildman–Crippen LogP) is 4.30. The van der Waals surface area contributed by atoms with Gasteiger partial charge in [0, 0.05) is 6.42 Å². The first-order valence-corrected chi connectivity index (χ1v) is 6.83. The average molecular weight is 313 g/mol. The van der Waals surface area contributed by atoms with Crippen LogP contribution in [0.25, 0.3) is 11.4 Å². The van der Waals surface area contributed by atoms with Crippen LogP contribution in [0.2, 0.25) is 10.3 Å². The first-order chi connectivity index (χ1) is 9.37. The third kappa shape index (κ3) is 2.23. The molecule has 0 unspecified atom stereocenters. The van der Waals surface area contributed by atoms with Crippen molar-refractivity contribution in [3.63, 3.8) is 0 Å². The highest BCUT2D eigenvalue weighted by Crippen LogP contribution is 2.41. The lowest BCUT2D eigenvalue weighted by Crippen LogP contribution is -2.24. The summed E-state index contributed by atoms with van der Waals surface area (Å²) in [5, 5.41) is -0.593. The van der Waals surface area contributed by atoms with Crippen LogP contribution in [0.3, 0.4) is 0 Å². The quantitative estimate of drug-likeness (QED) is 0.736. The predicted molar refractivity (Wildman–Crippen MR) is 75.9 cm³/mol. The van der Waals surface area contributed by atoms with Gasteiger partial charge in [0.15, 0.2) is 21.9 Å². The smallest absolute Gasteiger partial charge is 0.197 e. The van der Waals surface area contributed by atoms with Gasteiger partial charge in [-0.15, -0.1) is 0 Å². The Morgan fingerprint density at radius 3 is 2.50 bits per heavy atom. The van der Waals surface area contributed by atoms with E-state index < -0.39 is 5.82 Å². The molecule has 0 atom stereocenters. The summed E-state index contributed by atoms with van der Waals surface area (Å²) in [6.07, 6.45) is 0.791. The second-order valence-electron chi connectivity index (χ2n) is 5.28. The van der Waals surface area contributed by atoms with Crippen molar-refractivity contribution < 1.29 is 9.13 Å². The molecule has 2 aromatic rings. The lowest BCUT2D eigenvalue weighted by Gasteiger charge is -2.18. The zero-order chi connectivity index (χ0) is 14.5. The maximum atomic E-state index is 13.4. The van der Waals surface area contributed by atoms with E-state index in [0.717, 1.165) is 12.0 Å². The van der Waals surface area contributed by atoms with Crippen LogP contribution in [0.5, 0.6) is 5.75 Å². The molecule has 0 aliphatic carbocycles. The standard InChI is InChI=1S/C14H11Cl2FN2O/c1-14(2)6-7-4-3-5-8(10(7)20-14)13-18-11(15)9(17)12(16)19-13/h3-5H,6H2,1-2H3. The van der Waals surface area contributed by atoms with Crippen molar-refractivity contribution in [2.24, 2.45) is 0 Å². The molecule has 3 nitrogen and oxygen atoms in total. The van der Waals surface area contributed by atoms with Crippen molar-refractivity contribution in [1.29, 1.82) is 0 Å². The molecule has 104 valence electrons. The topological polar surface area (TPSA) is 35.0 Å². The molecule has 0 N–H and O–H groups in total. The van der Waals surface area contributed by atoms with Crippen molar-refractivity contribution >= 4 is 23.2 Å². The Labute approximate surface area is 125 Å². The van der Waals surface area contributed by atoms with E-state index in [2.05, 4.69) is 9.97 Å². The number of benzene rings is 1. The number of rotatable bonds is 1. The fourth-order valence-corrected chi connectivity index (χ4v) is 2.69. The Morgan fingerprint density at radius 2 is 1.85 bits per heavy atom. The van der Waals surface area contributed by atoms with Crippen LogP contribution in [0.15, 0.2) is 18.2 Å². The molecule has 1 aromatic carbocycles. The SMILES string of the molecule is CC1(C)Cc2cccc(-c3nc(Cl)c(F)c(Cl)n3)c2O1. The van der Waals surface area contributed by atoms with E-state index in [-0.39, 0.29) is 21.7 Å². The molecule has 0 bridgehead atoms. The van der Waals surface area contributed by atoms with Crippen molar-refractivity contribution in [3.05, 3.63) is 39.9 Å². The van der Waals surface area contributed by atoms with Crippen LogP contribution in [0, 0.1) is 5.82 Å². The highest BCUT2D eigenvalue weighted by Gasteiger charge is 2.32. The van der Waals surface area contributed by atoms with Crippen LogP contribution in [0.4, 0.5) is 4.39 Å². The summed E-state index contributed by atoms with van der Waals surface area (Å²) in [6.45, 7) is 4.00. The van der Waals surface area contributed by atoms with Crippen LogP contribution in [-0.4, -0.2) is 15.6 Å². The Morgan fingerprint density at radius 1 is 1.20 bits per heavy atom. The monoisotopic (exact) mass is 312 g/mol. The number of ether oxygens (including phenoxy) is 1. The van der Waals surface area contributed by atoms with Gasteiger partial charge >= 0.3 is 0 Å². The number of hydrogen-bond donors (Lipinski definition) is 0. The second-order valence-corrected chi connectivity index (χ2v) is 5.99. The summed E-state index contributed by atoms with van der Waals surface area (Å²) in [5.41, 5.74) is 1.44. The molecular formula is C14H11Cl2FN2O. The number of fused-ring (bicyclic) bond motifs is 1. The summed E-state index contributed by atoms with van der Waals surface area (Å²) in [7, 11) is 0. The average Bonchev–Trinajstić information content (AvgIpc) is 2.68. The zero-order valence-electron chi connectivity index (χ0n) is 10.9. The molecule has 1 aromatic heterocycles. The highest BCUT2D eigenvalue weighted by molar-refractivity contribution is 6.33. The minimum atomic E-state index is -0.814. The first-order valence-electron chi connectivity index (χ1n) is 6.07. The molecule has 0 spiro atoms. The van der Waals surface area contributed by atoms with Gasteiger partial charge in [-0.25, -0.2) is 14.4 Å². The molecule has 6 heteroatoms. The van der Waals surface area contributed by atoms with Gasteiger partial charge < -0.3 is 4.74 Å². The van der Waals surface area contributed by atoms with Crippen molar-refractivity contribution in [3.8, 4) is 17.1 Å². The number of para-hydroxylation sites is 1. The van der Waals surface area contributed by atoms with Crippen molar-refractivity contribution in [1.82, 2.24) is 9.97 Å². The Hall–Kier alpha value is -1.39. The van der Waals surface area contributed by atoms with Crippen molar-refractivity contribution in [2.75, 3.05) is 0 Å². The molecule has 0 amide bonds. The third-order valence-electron chi connectivity index (χ3n) is 3.10. The van der Waals surface area contributed by atoms with Gasteiger partial charge in [-0.1, -0.05) is 35.3 Å². The van der Waals surface area contributed by atoms with Crippen LogP contribution < -0.4 is 4.74 Å². The van der Waals surface area contributed by atoms with Crippen LogP contribution >= 0.6 is 23.2 Å². The van der Waals surface area contributed by atoms with Gasteiger partial charge in [0.25, 0.3) is 0 Å². The minimum Gasteiger partial charge on any atom is -0.486 e. The molecule has 0 radical (unpaired) electrons. The van der Waals surface area contributed by atoms with Gasteiger partial charge in [0.05, 0.1) is 5.56 Å². The first kappa shape index (κ1) is 13.6. The summed E-state index contributed by atoms with van der Waals surface area (Å²) in [4.78, 5) is 7.89. The third-order valence-corrected chi connectivity index (χ3v) is 3.60. The fraction of sp³-hybridized carbons (Fsp3) is 0.286. The summed E-state index contributed by atoms with van der Waals surface area (Å²) < 4.78 is 19.3. The number of aromatic nitrogens is 2. The molecule has 20 heavy (non-hydrogen) atoms. The van der Waals surface area contributed by atoms with Gasteiger partial charge in [-0.2, -0.15) is 0 Å². The Balaban J connectivity index is 2.16. The highest BCUT2D eigenvalue weighted by atomic mass is 35.5. The molecule has 2 heterocycles. The normalized spacial score (nSPS) is 15.8. The number of nitrogens with zero attached hydrogens (tertiary/aromatic N) is 2. The van der Waals surface area contributed by atoms with E-state index in [1.165, 1.54) is 0 Å². The molecule has 1 aliphatic heterocycles. The molecule has 0 saturated carbocycles. The second kappa shape index (κ2) is 4.57. The minimum absolute atomic E-state index is 0.260. The fourth-order valence-electron chi connectivity index (χ4n) is 2.31. The van der Waals surface area contributed by atoms with E-state index >= 15 is 0 Å². The van der Waals surface area contributed by atoms with E-state index in [1.54, 1.807) is 6.07 Å². The maximum Gasteiger partial charge on any atom is 0.197 e. The van der Waals surface area contributed by atoms with E-state index in [4.69, 9.17) is 27.9 Å². The maximum absolute atomic E-state index is 13.4. The summed E-state index contributed by atoms with van der Waals surface area (Å²) in [6, 6.07) is 5.67. The molecular weight excluding hydrogens is 302 g/mol. The number of halogens is 3. The largest absolute Gasteiger partial charge is 0.486 e. The Kier molecular flexibility index (Phi) is 3.10. The van der Waals surface area contributed by atoms with Gasteiger partial charge in [0.1, 0.15) is 11.4 Å². The number of hydrogen-bond acceptors (Lipinski definition) is 3. The Bertz CT molecular complexity index is 681. The lowest BCUT2D eigenvalue weighted by atomic mass is 10.0.